The number of sulfonamides is 1. The highest BCUT2D eigenvalue weighted by Gasteiger charge is 2.15. The Kier molecular flexibility index (Phi) is 7.14. The van der Waals surface area contributed by atoms with Crippen molar-refractivity contribution in [2.24, 2.45) is 0 Å². The topological polar surface area (TPSA) is 118 Å². The number of hydrogen-bond donors (Lipinski definition) is 2. The molecule has 9 nitrogen and oxygen atoms in total. The van der Waals surface area contributed by atoms with Crippen LogP contribution in [-0.2, 0) is 21.2 Å². The number of fused-ring (bicyclic) bond motifs is 1. The second-order valence-corrected chi connectivity index (χ2v) is 9.74. The van der Waals surface area contributed by atoms with Gasteiger partial charge in [-0.2, -0.15) is 9.61 Å². The molecular weight excluding hydrogens is 486 g/mol. The average Bonchev–Trinajstić information content (AvgIpc) is 3.22. The summed E-state index contributed by atoms with van der Waals surface area (Å²) in [5.74, 6) is -1.72. The summed E-state index contributed by atoms with van der Waals surface area (Å²) in [5, 5.41) is 15.3. The number of nitrogens with zero attached hydrogens (tertiary/aromatic N) is 4. The lowest BCUT2D eigenvalue weighted by atomic mass is 10.3. The van der Waals surface area contributed by atoms with Crippen LogP contribution in [0.25, 0.3) is 5.65 Å². The molecule has 0 spiro atoms. The third kappa shape index (κ3) is 5.73. The van der Waals surface area contributed by atoms with E-state index in [1.54, 1.807) is 30.3 Å². The Balaban J connectivity index is 1.37. The molecule has 0 aliphatic rings. The summed E-state index contributed by atoms with van der Waals surface area (Å²) in [5.41, 5.74) is 0.345. The fraction of sp³-hybridized carbons (Fsp3) is 0.143. The van der Waals surface area contributed by atoms with Gasteiger partial charge in [-0.1, -0.05) is 30.0 Å². The summed E-state index contributed by atoms with van der Waals surface area (Å²) in [4.78, 5) is 12.3. The second kappa shape index (κ2) is 10.2. The van der Waals surface area contributed by atoms with Crippen LogP contribution >= 0.6 is 11.8 Å². The van der Waals surface area contributed by atoms with Gasteiger partial charge in [-0.05, 0) is 36.4 Å². The van der Waals surface area contributed by atoms with Crippen LogP contribution in [0.2, 0.25) is 0 Å². The summed E-state index contributed by atoms with van der Waals surface area (Å²) < 4.78 is 55.4. The van der Waals surface area contributed by atoms with Crippen LogP contribution in [0.3, 0.4) is 0 Å². The molecule has 0 saturated carbocycles. The number of halogens is 2. The van der Waals surface area contributed by atoms with Gasteiger partial charge in [0.2, 0.25) is 15.9 Å². The van der Waals surface area contributed by atoms with E-state index in [-0.39, 0.29) is 29.3 Å². The van der Waals surface area contributed by atoms with Crippen molar-refractivity contribution >= 4 is 39.0 Å². The summed E-state index contributed by atoms with van der Waals surface area (Å²) in [7, 11) is -3.65. The second-order valence-electron chi connectivity index (χ2n) is 6.98. The number of carbonyl (C=O) groups excluding carboxylic acids is 1. The summed E-state index contributed by atoms with van der Waals surface area (Å²) >= 11 is 1.10. The minimum atomic E-state index is -3.65. The van der Waals surface area contributed by atoms with Gasteiger partial charge in [-0.25, -0.2) is 21.9 Å². The van der Waals surface area contributed by atoms with Gasteiger partial charge in [0.25, 0.3) is 0 Å². The zero-order valence-electron chi connectivity index (χ0n) is 17.5. The van der Waals surface area contributed by atoms with Gasteiger partial charge in [0.05, 0.1) is 16.3 Å². The Labute approximate surface area is 197 Å². The molecule has 34 heavy (non-hydrogen) atoms. The lowest BCUT2D eigenvalue weighted by Gasteiger charge is -2.07. The maximum absolute atomic E-state index is 13.7. The Morgan fingerprint density at radius 1 is 1.03 bits per heavy atom. The Morgan fingerprint density at radius 3 is 2.59 bits per heavy atom. The highest BCUT2D eigenvalue weighted by molar-refractivity contribution is 7.99. The van der Waals surface area contributed by atoms with Crippen LogP contribution in [0, 0.1) is 11.6 Å². The molecule has 13 heteroatoms. The van der Waals surface area contributed by atoms with Crippen LogP contribution in [0.15, 0.2) is 70.6 Å². The number of amides is 1. The van der Waals surface area contributed by atoms with E-state index in [0.29, 0.717) is 22.6 Å². The Hall–Kier alpha value is -3.42. The number of nitrogens with one attached hydrogen (secondary N) is 2. The molecule has 0 aliphatic carbocycles. The van der Waals surface area contributed by atoms with E-state index in [4.69, 9.17) is 0 Å². The van der Waals surface area contributed by atoms with Crippen LogP contribution in [0.5, 0.6) is 0 Å². The van der Waals surface area contributed by atoms with Gasteiger partial charge < -0.3 is 5.32 Å². The fourth-order valence-electron chi connectivity index (χ4n) is 2.95. The maximum Gasteiger partial charge on any atom is 0.240 e. The molecule has 0 bridgehead atoms. The van der Waals surface area contributed by atoms with E-state index in [1.165, 1.54) is 16.6 Å². The maximum atomic E-state index is 13.7. The van der Waals surface area contributed by atoms with Gasteiger partial charge >= 0.3 is 0 Å². The minimum absolute atomic E-state index is 0.0658. The molecule has 2 N–H and O–H groups in total. The summed E-state index contributed by atoms with van der Waals surface area (Å²) in [6.07, 6.45) is 0.235. The van der Waals surface area contributed by atoms with Crippen molar-refractivity contribution in [1.82, 2.24) is 24.5 Å². The fourth-order valence-corrected chi connectivity index (χ4v) is 4.65. The molecule has 2 aromatic carbocycles. The van der Waals surface area contributed by atoms with Gasteiger partial charge in [-0.15, -0.1) is 10.2 Å². The van der Waals surface area contributed by atoms with Gasteiger partial charge in [0, 0.05) is 19.0 Å². The molecule has 2 heterocycles. The normalized spacial score (nSPS) is 11.6. The summed E-state index contributed by atoms with van der Waals surface area (Å²) in [6, 6.07) is 14.2. The standard InChI is InChI=1S/C21H18F2N6O3S2/c22-14-6-7-17(16(23)12-14)25-20(30)13-33-21-9-8-18-26-27-19(29(18)28-21)10-11-24-34(31,32)15-4-2-1-3-5-15/h1-9,12,24H,10-11,13H2,(H,25,30). The number of carbonyl (C=O) groups is 1. The first-order valence-corrected chi connectivity index (χ1v) is 12.4. The number of anilines is 1. The van der Waals surface area contributed by atoms with Crippen molar-refractivity contribution < 1.29 is 22.0 Å². The highest BCUT2D eigenvalue weighted by Crippen LogP contribution is 2.19. The van der Waals surface area contributed by atoms with E-state index in [1.807, 2.05) is 0 Å². The number of rotatable bonds is 9. The van der Waals surface area contributed by atoms with Crippen molar-refractivity contribution in [3.63, 3.8) is 0 Å². The SMILES string of the molecule is O=C(CSc1ccc2nnc(CCNS(=O)(=O)c3ccccc3)n2n1)Nc1ccc(F)cc1F. The third-order valence-corrected chi connectivity index (χ3v) is 6.95. The van der Waals surface area contributed by atoms with Gasteiger partial charge in [0.15, 0.2) is 11.5 Å². The minimum Gasteiger partial charge on any atom is -0.323 e. The smallest absolute Gasteiger partial charge is 0.240 e. The molecular formula is C21H18F2N6O3S2. The molecule has 4 rings (SSSR count). The van der Waals surface area contributed by atoms with Crippen LogP contribution < -0.4 is 10.0 Å². The molecule has 2 aromatic heterocycles. The van der Waals surface area contributed by atoms with E-state index in [2.05, 4.69) is 25.3 Å². The van der Waals surface area contributed by atoms with E-state index in [9.17, 15) is 22.0 Å². The van der Waals surface area contributed by atoms with E-state index < -0.39 is 27.6 Å². The van der Waals surface area contributed by atoms with Crippen molar-refractivity contribution in [1.29, 1.82) is 0 Å². The Bertz CT molecular complexity index is 1430. The quantitative estimate of drug-likeness (QED) is 0.337. The highest BCUT2D eigenvalue weighted by atomic mass is 32.2. The number of thioether (sulfide) groups is 1. The van der Waals surface area contributed by atoms with E-state index >= 15 is 0 Å². The predicted molar refractivity (Wildman–Crippen MR) is 122 cm³/mol. The first-order valence-electron chi connectivity index (χ1n) is 9.95. The zero-order valence-corrected chi connectivity index (χ0v) is 19.1. The van der Waals surface area contributed by atoms with Crippen molar-refractivity contribution in [3.05, 3.63) is 78.1 Å². The van der Waals surface area contributed by atoms with E-state index in [0.717, 1.165) is 23.9 Å². The lowest BCUT2D eigenvalue weighted by molar-refractivity contribution is -0.113. The first-order chi connectivity index (χ1) is 16.3. The predicted octanol–water partition coefficient (Wildman–Crippen LogP) is 2.65. The molecule has 4 aromatic rings. The molecule has 0 saturated heterocycles. The Morgan fingerprint density at radius 2 is 1.82 bits per heavy atom. The number of hydrogen-bond acceptors (Lipinski definition) is 7. The third-order valence-electron chi connectivity index (χ3n) is 4.55. The van der Waals surface area contributed by atoms with Crippen molar-refractivity contribution in [2.75, 3.05) is 17.6 Å². The monoisotopic (exact) mass is 504 g/mol. The van der Waals surface area contributed by atoms with Crippen molar-refractivity contribution in [3.8, 4) is 0 Å². The molecule has 176 valence electrons. The number of benzene rings is 2. The lowest BCUT2D eigenvalue weighted by Crippen LogP contribution is -2.26. The molecule has 0 atom stereocenters. The molecule has 0 unspecified atom stereocenters. The summed E-state index contributed by atoms with van der Waals surface area (Å²) in [6.45, 7) is 0.0860. The molecule has 1 amide bonds. The first kappa shape index (κ1) is 23.7. The number of aromatic nitrogens is 4. The average molecular weight is 505 g/mol. The van der Waals surface area contributed by atoms with Gasteiger partial charge in [-0.3, -0.25) is 4.79 Å². The molecule has 0 aliphatic heterocycles. The van der Waals surface area contributed by atoms with Crippen LogP contribution in [0.4, 0.5) is 14.5 Å². The van der Waals surface area contributed by atoms with Gasteiger partial charge in [0.1, 0.15) is 16.7 Å². The molecule has 0 radical (unpaired) electrons. The largest absolute Gasteiger partial charge is 0.323 e. The van der Waals surface area contributed by atoms with Crippen LogP contribution in [0.1, 0.15) is 5.82 Å². The van der Waals surface area contributed by atoms with Crippen LogP contribution in [-0.4, -0.2) is 46.4 Å². The zero-order chi connectivity index (χ0) is 24.1. The molecule has 0 fully saturated rings. The van der Waals surface area contributed by atoms with Crippen molar-refractivity contribution in [2.45, 2.75) is 16.3 Å².